The highest BCUT2D eigenvalue weighted by Gasteiger charge is 2.11. The minimum absolute atomic E-state index is 0.0152. The van der Waals surface area contributed by atoms with E-state index in [1.165, 1.54) is 44.9 Å². The molecule has 3 nitrogen and oxygen atoms in total. The van der Waals surface area contributed by atoms with E-state index in [9.17, 15) is 4.79 Å². The highest BCUT2D eigenvalue weighted by molar-refractivity contribution is 5.76. The average Bonchev–Trinajstić information content (AvgIpc) is 2.36. The molecular weight excluding hydrogens is 236 g/mol. The Bertz CT molecular complexity index is 217. The molecule has 0 aliphatic rings. The van der Waals surface area contributed by atoms with Crippen LogP contribution in [0.3, 0.4) is 0 Å². The zero-order chi connectivity index (χ0) is 14.5. The van der Waals surface area contributed by atoms with Crippen molar-refractivity contribution in [3.05, 3.63) is 0 Å². The summed E-state index contributed by atoms with van der Waals surface area (Å²) in [6.45, 7) is 7.15. The van der Waals surface area contributed by atoms with Gasteiger partial charge in [0.1, 0.15) is 0 Å². The van der Waals surface area contributed by atoms with E-state index < -0.39 is 0 Å². The van der Waals surface area contributed by atoms with Crippen LogP contribution in [-0.4, -0.2) is 18.5 Å². The molecule has 0 radical (unpaired) electrons. The standard InChI is InChI=1S/C16H34N2O/c1-4-5-6-7-8-9-10-11-12-18-16(19)13-15(17)14(2)3/h14-15H,4-13,17H2,1-3H3,(H,18,19). The van der Waals surface area contributed by atoms with E-state index in [1.54, 1.807) is 0 Å². The molecular formula is C16H34N2O. The molecule has 0 heterocycles. The van der Waals surface area contributed by atoms with Crippen LogP contribution in [0, 0.1) is 5.92 Å². The summed E-state index contributed by atoms with van der Waals surface area (Å²) in [4.78, 5) is 11.6. The normalized spacial score (nSPS) is 12.7. The van der Waals surface area contributed by atoms with E-state index in [0.717, 1.165) is 13.0 Å². The van der Waals surface area contributed by atoms with Crippen LogP contribution in [0.25, 0.3) is 0 Å². The van der Waals surface area contributed by atoms with Crippen molar-refractivity contribution in [2.45, 2.75) is 84.6 Å². The van der Waals surface area contributed by atoms with E-state index in [1.807, 2.05) is 0 Å². The predicted molar refractivity (Wildman–Crippen MR) is 83.1 cm³/mol. The van der Waals surface area contributed by atoms with Crippen LogP contribution < -0.4 is 11.1 Å². The van der Waals surface area contributed by atoms with Crippen LogP contribution in [0.5, 0.6) is 0 Å². The highest BCUT2D eigenvalue weighted by atomic mass is 16.1. The molecule has 0 saturated heterocycles. The monoisotopic (exact) mass is 270 g/mol. The van der Waals surface area contributed by atoms with Crippen LogP contribution >= 0.6 is 0 Å². The zero-order valence-corrected chi connectivity index (χ0v) is 13.2. The molecule has 3 heteroatoms. The Morgan fingerprint density at radius 3 is 2.05 bits per heavy atom. The molecule has 0 saturated carbocycles. The van der Waals surface area contributed by atoms with Crippen molar-refractivity contribution in [1.29, 1.82) is 0 Å². The fourth-order valence-corrected chi connectivity index (χ4v) is 2.01. The zero-order valence-electron chi connectivity index (χ0n) is 13.2. The maximum atomic E-state index is 11.6. The number of hydrogen-bond acceptors (Lipinski definition) is 2. The van der Waals surface area contributed by atoms with Gasteiger partial charge in [0.15, 0.2) is 0 Å². The van der Waals surface area contributed by atoms with Gasteiger partial charge in [0.05, 0.1) is 0 Å². The lowest BCUT2D eigenvalue weighted by Gasteiger charge is -2.14. The summed E-state index contributed by atoms with van der Waals surface area (Å²) in [5.41, 5.74) is 5.87. The molecule has 0 aliphatic heterocycles. The summed E-state index contributed by atoms with van der Waals surface area (Å²) >= 11 is 0. The van der Waals surface area contributed by atoms with Gasteiger partial charge in [0.2, 0.25) is 5.91 Å². The lowest BCUT2D eigenvalue weighted by atomic mass is 10.0. The summed E-state index contributed by atoms with van der Waals surface area (Å²) < 4.78 is 0. The Morgan fingerprint density at radius 2 is 1.53 bits per heavy atom. The van der Waals surface area contributed by atoms with Crippen molar-refractivity contribution in [3.63, 3.8) is 0 Å². The van der Waals surface area contributed by atoms with Crippen LogP contribution in [0.15, 0.2) is 0 Å². The largest absolute Gasteiger partial charge is 0.356 e. The van der Waals surface area contributed by atoms with Gasteiger partial charge in [0, 0.05) is 19.0 Å². The van der Waals surface area contributed by atoms with E-state index in [0.29, 0.717) is 12.3 Å². The smallest absolute Gasteiger partial charge is 0.221 e. The van der Waals surface area contributed by atoms with Crippen molar-refractivity contribution in [1.82, 2.24) is 5.32 Å². The number of hydrogen-bond donors (Lipinski definition) is 2. The summed E-state index contributed by atoms with van der Waals surface area (Å²) in [6, 6.07) is -0.0152. The van der Waals surface area contributed by atoms with Gasteiger partial charge in [0.25, 0.3) is 0 Å². The van der Waals surface area contributed by atoms with Gasteiger partial charge in [-0.05, 0) is 12.3 Å². The Kier molecular flexibility index (Phi) is 12.1. The van der Waals surface area contributed by atoms with Crippen LogP contribution in [0.2, 0.25) is 0 Å². The van der Waals surface area contributed by atoms with Crippen molar-refractivity contribution >= 4 is 5.91 Å². The van der Waals surface area contributed by atoms with Gasteiger partial charge in [-0.25, -0.2) is 0 Å². The number of rotatable bonds is 12. The molecule has 114 valence electrons. The third-order valence-corrected chi connectivity index (χ3v) is 3.63. The first kappa shape index (κ1) is 18.4. The molecule has 0 aromatic rings. The fourth-order valence-electron chi connectivity index (χ4n) is 2.01. The number of unbranched alkanes of at least 4 members (excludes halogenated alkanes) is 7. The van der Waals surface area contributed by atoms with Crippen LogP contribution in [0.1, 0.15) is 78.6 Å². The maximum Gasteiger partial charge on any atom is 0.221 e. The molecule has 3 N–H and O–H groups in total. The second kappa shape index (κ2) is 12.5. The first-order chi connectivity index (χ1) is 9.07. The van der Waals surface area contributed by atoms with E-state index in [2.05, 4.69) is 26.1 Å². The van der Waals surface area contributed by atoms with Gasteiger partial charge >= 0.3 is 0 Å². The first-order valence-corrected chi connectivity index (χ1v) is 8.10. The fraction of sp³-hybridized carbons (Fsp3) is 0.938. The van der Waals surface area contributed by atoms with Gasteiger partial charge < -0.3 is 11.1 Å². The Balaban J connectivity index is 3.27. The Labute approximate surface area is 119 Å². The van der Waals surface area contributed by atoms with Gasteiger partial charge in [-0.3, -0.25) is 4.79 Å². The van der Waals surface area contributed by atoms with E-state index >= 15 is 0 Å². The van der Waals surface area contributed by atoms with E-state index in [-0.39, 0.29) is 11.9 Å². The third kappa shape index (κ3) is 12.2. The Hall–Kier alpha value is -0.570. The summed E-state index contributed by atoms with van der Waals surface area (Å²) in [5.74, 6) is 0.470. The molecule has 0 rings (SSSR count). The number of amides is 1. The molecule has 0 aromatic carbocycles. The summed E-state index contributed by atoms with van der Waals surface area (Å²) in [5, 5.41) is 2.96. The van der Waals surface area contributed by atoms with Gasteiger partial charge in [-0.1, -0.05) is 65.7 Å². The summed E-state index contributed by atoms with van der Waals surface area (Å²) in [6.07, 6.45) is 10.8. The van der Waals surface area contributed by atoms with Crippen molar-refractivity contribution in [3.8, 4) is 0 Å². The summed E-state index contributed by atoms with van der Waals surface area (Å²) in [7, 11) is 0. The highest BCUT2D eigenvalue weighted by Crippen LogP contribution is 2.08. The quantitative estimate of drug-likeness (QED) is 0.532. The number of carbonyl (C=O) groups excluding carboxylic acids is 1. The second-order valence-corrected chi connectivity index (χ2v) is 5.94. The second-order valence-electron chi connectivity index (χ2n) is 5.94. The van der Waals surface area contributed by atoms with E-state index in [4.69, 9.17) is 5.73 Å². The molecule has 0 fully saturated rings. The lowest BCUT2D eigenvalue weighted by molar-refractivity contribution is -0.121. The lowest BCUT2D eigenvalue weighted by Crippen LogP contribution is -2.35. The van der Waals surface area contributed by atoms with Crippen molar-refractivity contribution < 1.29 is 4.79 Å². The molecule has 0 bridgehead atoms. The van der Waals surface area contributed by atoms with Crippen molar-refractivity contribution in [2.24, 2.45) is 11.7 Å². The SMILES string of the molecule is CCCCCCCCCCNC(=O)CC(N)C(C)C. The third-order valence-electron chi connectivity index (χ3n) is 3.63. The number of carbonyl (C=O) groups is 1. The molecule has 0 aliphatic carbocycles. The average molecular weight is 270 g/mol. The molecule has 1 amide bonds. The molecule has 1 unspecified atom stereocenters. The van der Waals surface area contributed by atoms with Crippen LogP contribution in [-0.2, 0) is 4.79 Å². The van der Waals surface area contributed by atoms with Crippen molar-refractivity contribution in [2.75, 3.05) is 6.54 Å². The first-order valence-electron chi connectivity index (χ1n) is 8.10. The molecule has 0 spiro atoms. The number of nitrogens with one attached hydrogen (secondary N) is 1. The number of nitrogens with two attached hydrogens (primary N) is 1. The van der Waals surface area contributed by atoms with Gasteiger partial charge in [-0.2, -0.15) is 0 Å². The minimum Gasteiger partial charge on any atom is -0.356 e. The molecule has 0 aromatic heterocycles. The minimum atomic E-state index is -0.0152. The topological polar surface area (TPSA) is 55.1 Å². The Morgan fingerprint density at radius 1 is 1.00 bits per heavy atom. The van der Waals surface area contributed by atoms with Crippen LogP contribution in [0.4, 0.5) is 0 Å². The maximum absolute atomic E-state index is 11.6. The van der Waals surface area contributed by atoms with Gasteiger partial charge in [-0.15, -0.1) is 0 Å². The molecule has 1 atom stereocenters. The molecule has 19 heavy (non-hydrogen) atoms. The predicted octanol–water partition coefficient (Wildman–Crippen LogP) is 3.62.